The number of unbranched alkanes of at least 4 members (excludes halogenated alkanes) is 1. The van der Waals surface area contributed by atoms with Crippen molar-refractivity contribution >= 4 is 11.8 Å². The van der Waals surface area contributed by atoms with Crippen molar-refractivity contribution in [3.05, 3.63) is 70.8 Å². The minimum Gasteiger partial charge on any atom is -0.356 e. The molecule has 3 rings (SSSR count). The number of halogens is 2. The van der Waals surface area contributed by atoms with E-state index in [1.54, 1.807) is 6.92 Å². The van der Waals surface area contributed by atoms with Crippen LogP contribution >= 0.6 is 0 Å². The molecule has 7 heteroatoms. The Kier molecular flexibility index (Phi) is 14.6. The lowest BCUT2D eigenvalue weighted by molar-refractivity contribution is -0.135. The average molecular weight is 530 g/mol. The summed E-state index contributed by atoms with van der Waals surface area (Å²) in [5.41, 5.74) is 3.28. The van der Waals surface area contributed by atoms with Crippen molar-refractivity contribution in [3.63, 3.8) is 0 Å². The van der Waals surface area contributed by atoms with Gasteiger partial charge in [-0.2, -0.15) is 0 Å². The SMILES string of the molecule is CCCCN1CCC(CCC(=O)NCCCNCc2cccc(CC)c2)CC1=O.Cc1cc(F)cc(F)c1. The highest BCUT2D eigenvalue weighted by Gasteiger charge is 2.25. The summed E-state index contributed by atoms with van der Waals surface area (Å²) in [5, 5.41) is 6.45. The summed E-state index contributed by atoms with van der Waals surface area (Å²) in [6.45, 7) is 10.2. The first-order valence-corrected chi connectivity index (χ1v) is 14.1. The molecule has 210 valence electrons. The van der Waals surface area contributed by atoms with Gasteiger partial charge in [-0.3, -0.25) is 9.59 Å². The molecule has 38 heavy (non-hydrogen) atoms. The normalized spacial score (nSPS) is 15.1. The zero-order valence-electron chi connectivity index (χ0n) is 23.3. The molecule has 2 amide bonds. The van der Waals surface area contributed by atoms with Crippen molar-refractivity contribution in [3.8, 4) is 0 Å². The second-order valence-corrected chi connectivity index (χ2v) is 10.1. The number of hydrogen-bond donors (Lipinski definition) is 2. The quantitative estimate of drug-likeness (QED) is 0.316. The number of carbonyl (C=O) groups is 2. The minimum atomic E-state index is -0.521. The summed E-state index contributed by atoms with van der Waals surface area (Å²) in [6, 6.07) is 12.1. The first-order valence-electron chi connectivity index (χ1n) is 14.1. The molecule has 2 aromatic carbocycles. The van der Waals surface area contributed by atoms with Crippen LogP contribution in [-0.4, -0.2) is 42.9 Å². The highest BCUT2D eigenvalue weighted by molar-refractivity contribution is 5.78. The number of nitrogens with one attached hydrogen (secondary N) is 2. The number of nitrogens with zero attached hydrogens (tertiary/aromatic N) is 1. The summed E-state index contributed by atoms with van der Waals surface area (Å²) < 4.78 is 24.4. The molecule has 0 radical (unpaired) electrons. The van der Waals surface area contributed by atoms with Crippen molar-refractivity contribution < 1.29 is 18.4 Å². The smallest absolute Gasteiger partial charge is 0.222 e. The van der Waals surface area contributed by atoms with E-state index in [9.17, 15) is 18.4 Å². The molecule has 1 atom stereocenters. The van der Waals surface area contributed by atoms with E-state index in [4.69, 9.17) is 0 Å². The first kappa shape index (κ1) is 31.4. The second-order valence-electron chi connectivity index (χ2n) is 10.1. The fourth-order valence-corrected chi connectivity index (χ4v) is 4.52. The molecule has 1 aliphatic rings. The number of hydrogen-bond acceptors (Lipinski definition) is 3. The van der Waals surface area contributed by atoms with Crippen LogP contribution in [0, 0.1) is 24.5 Å². The third kappa shape index (κ3) is 12.6. The molecule has 1 heterocycles. The number of likely N-dealkylation sites (tertiary alicyclic amines) is 1. The number of benzene rings is 2. The standard InChI is InChI=1S/C24H39N3O2.C7H6F2/c1-3-5-15-27-16-12-21(18-24(27)29)10-11-23(28)26-14-7-13-25-19-22-9-6-8-20(4-2)17-22;1-5-2-6(8)4-7(9)3-5/h6,8-9,17,21,25H,3-5,7,10-16,18-19H2,1-2H3,(H,26,28);2-4H,1H3. The van der Waals surface area contributed by atoms with Crippen molar-refractivity contribution in [1.29, 1.82) is 0 Å². The monoisotopic (exact) mass is 529 g/mol. The van der Waals surface area contributed by atoms with Gasteiger partial charge in [0.1, 0.15) is 11.6 Å². The van der Waals surface area contributed by atoms with Gasteiger partial charge in [0.15, 0.2) is 0 Å². The predicted molar refractivity (Wildman–Crippen MR) is 150 cm³/mol. The molecule has 5 nitrogen and oxygen atoms in total. The molecule has 2 N–H and O–H groups in total. The zero-order valence-corrected chi connectivity index (χ0v) is 23.3. The van der Waals surface area contributed by atoms with Gasteiger partial charge in [0.25, 0.3) is 0 Å². The van der Waals surface area contributed by atoms with E-state index in [-0.39, 0.29) is 11.8 Å². The molecule has 0 aromatic heterocycles. The molecule has 2 aromatic rings. The average Bonchev–Trinajstić information content (AvgIpc) is 2.88. The number of rotatable bonds is 13. The van der Waals surface area contributed by atoms with Gasteiger partial charge >= 0.3 is 0 Å². The molecule has 1 fully saturated rings. The van der Waals surface area contributed by atoms with Crippen molar-refractivity contribution in [2.45, 2.75) is 78.7 Å². The largest absolute Gasteiger partial charge is 0.356 e. The summed E-state index contributed by atoms with van der Waals surface area (Å²) in [4.78, 5) is 26.2. The molecular formula is C31H45F2N3O2. The lowest BCUT2D eigenvalue weighted by atomic mass is 9.91. The van der Waals surface area contributed by atoms with Gasteiger partial charge in [-0.1, -0.05) is 44.5 Å². The van der Waals surface area contributed by atoms with Gasteiger partial charge < -0.3 is 15.5 Å². The Balaban J connectivity index is 0.000000474. The van der Waals surface area contributed by atoms with Gasteiger partial charge in [-0.15, -0.1) is 0 Å². The van der Waals surface area contributed by atoms with Crippen LogP contribution in [0.2, 0.25) is 0 Å². The number of amides is 2. The Morgan fingerprint density at radius 1 is 1.03 bits per heavy atom. The molecule has 1 aliphatic heterocycles. The van der Waals surface area contributed by atoms with Crippen molar-refractivity contribution in [1.82, 2.24) is 15.5 Å². The van der Waals surface area contributed by atoms with E-state index < -0.39 is 11.6 Å². The van der Waals surface area contributed by atoms with Gasteiger partial charge in [0.2, 0.25) is 11.8 Å². The molecule has 0 spiro atoms. The van der Waals surface area contributed by atoms with Crippen LogP contribution in [0.4, 0.5) is 8.78 Å². The van der Waals surface area contributed by atoms with Crippen LogP contribution in [0.5, 0.6) is 0 Å². The third-order valence-corrected chi connectivity index (χ3v) is 6.77. The van der Waals surface area contributed by atoms with Crippen LogP contribution < -0.4 is 10.6 Å². The maximum atomic E-state index is 12.2. The van der Waals surface area contributed by atoms with Crippen LogP contribution in [0.3, 0.4) is 0 Å². The summed E-state index contributed by atoms with van der Waals surface area (Å²) in [6.07, 6.45) is 7.19. The minimum absolute atomic E-state index is 0.113. The summed E-state index contributed by atoms with van der Waals surface area (Å²) in [5.74, 6) is -0.293. The van der Waals surface area contributed by atoms with E-state index >= 15 is 0 Å². The van der Waals surface area contributed by atoms with Crippen LogP contribution in [0.25, 0.3) is 0 Å². The van der Waals surface area contributed by atoms with Crippen molar-refractivity contribution in [2.24, 2.45) is 5.92 Å². The van der Waals surface area contributed by atoms with E-state index in [1.807, 2.05) is 4.90 Å². The van der Waals surface area contributed by atoms with Crippen LogP contribution in [-0.2, 0) is 22.6 Å². The molecule has 0 saturated carbocycles. The molecule has 1 unspecified atom stereocenters. The van der Waals surface area contributed by atoms with Gasteiger partial charge in [0, 0.05) is 45.1 Å². The fraction of sp³-hybridized carbons (Fsp3) is 0.548. The van der Waals surface area contributed by atoms with E-state index in [0.29, 0.717) is 30.9 Å². The van der Waals surface area contributed by atoms with Gasteiger partial charge in [-0.25, -0.2) is 8.78 Å². The van der Waals surface area contributed by atoms with Crippen molar-refractivity contribution in [2.75, 3.05) is 26.2 Å². The molecule has 0 aliphatic carbocycles. The molecular weight excluding hydrogens is 484 g/mol. The van der Waals surface area contributed by atoms with E-state index in [2.05, 4.69) is 48.7 Å². The number of piperidine rings is 1. The zero-order chi connectivity index (χ0) is 27.8. The third-order valence-electron chi connectivity index (χ3n) is 6.77. The Morgan fingerprint density at radius 2 is 1.76 bits per heavy atom. The molecule has 0 bridgehead atoms. The van der Waals surface area contributed by atoms with E-state index in [0.717, 1.165) is 70.8 Å². The summed E-state index contributed by atoms with van der Waals surface area (Å²) >= 11 is 0. The number of aryl methyl sites for hydroxylation is 2. The van der Waals surface area contributed by atoms with Gasteiger partial charge in [0.05, 0.1) is 0 Å². The highest BCUT2D eigenvalue weighted by atomic mass is 19.1. The maximum absolute atomic E-state index is 12.2. The Morgan fingerprint density at radius 3 is 2.42 bits per heavy atom. The number of carbonyl (C=O) groups excluding carboxylic acids is 2. The first-order chi connectivity index (χ1) is 18.3. The lowest BCUT2D eigenvalue weighted by Crippen LogP contribution is -2.39. The van der Waals surface area contributed by atoms with Gasteiger partial charge in [-0.05, 0) is 80.3 Å². The molecule has 1 saturated heterocycles. The Bertz CT molecular complexity index is 948. The summed E-state index contributed by atoms with van der Waals surface area (Å²) in [7, 11) is 0. The predicted octanol–water partition coefficient (Wildman–Crippen LogP) is 5.94. The highest BCUT2D eigenvalue weighted by Crippen LogP contribution is 2.23. The maximum Gasteiger partial charge on any atom is 0.222 e. The second kappa shape index (κ2) is 17.7. The fourth-order valence-electron chi connectivity index (χ4n) is 4.52. The Hall–Kier alpha value is -2.80. The topological polar surface area (TPSA) is 61.4 Å². The lowest BCUT2D eigenvalue weighted by Gasteiger charge is -2.31. The van der Waals surface area contributed by atoms with E-state index in [1.165, 1.54) is 23.3 Å². The van der Waals surface area contributed by atoms with Crippen LogP contribution in [0.1, 0.15) is 75.5 Å². The Labute approximate surface area is 227 Å². The van der Waals surface area contributed by atoms with Crippen LogP contribution in [0.15, 0.2) is 42.5 Å².